The third-order valence-electron chi connectivity index (χ3n) is 10.5. The van der Waals surface area contributed by atoms with E-state index in [4.69, 9.17) is 14.4 Å². The molecule has 7 aromatic carbocycles. The van der Waals surface area contributed by atoms with Crippen molar-refractivity contribution in [2.24, 2.45) is 0 Å². The standard InChI is InChI=1S/C47H32N2O/c1-47(2)38-22-10-8-18-35(38)44-34(20-12-23-39(44)47)32-26-27-33(31-17-7-6-16-30(31)32)40-28-41(49-46(48-40)29-14-4-3-5-15-29)36-21-13-25-43-45(36)37-19-9-11-24-42(37)50-43/h3-28H,1-2H3. The number of nitrogens with zero attached hydrogens (tertiary/aromatic N) is 2. The van der Waals surface area contributed by atoms with E-state index < -0.39 is 0 Å². The Labute approximate surface area is 290 Å². The zero-order valence-corrected chi connectivity index (χ0v) is 27.8. The van der Waals surface area contributed by atoms with Gasteiger partial charge in [-0.25, -0.2) is 9.97 Å². The molecule has 2 aromatic heterocycles. The molecule has 2 heterocycles. The predicted molar refractivity (Wildman–Crippen MR) is 206 cm³/mol. The fraction of sp³-hybridized carbons (Fsp3) is 0.0638. The first-order valence-electron chi connectivity index (χ1n) is 17.2. The molecule has 50 heavy (non-hydrogen) atoms. The molecule has 0 unspecified atom stereocenters. The van der Waals surface area contributed by atoms with Crippen molar-refractivity contribution in [2.75, 3.05) is 0 Å². The molecular formula is C47H32N2O. The fourth-order valence-electron chi connectivity index (χ4n) is 8.16. The molecule has 10 rings (SSSR count). The van der Waals surface area contributed by atoms with Gasteiger partial charge in [-0.3, -0.25) is 0 Å². The Kier molecular flexibility index (Phi) is 6.22. The molecule has 0 fully saturated rings. The zero-order chi connectivity index (χ0) is 33.4. The summed E-state index contributed by atoms with van der Waals surface area (Å²) >= 11 is 0. The number of benzene rings is 7. The quantitative estimate of drug-likeness (QED) is 0.192. The van der Waals surface area contributed by atoms with Crippen LogP contribution in [0.5, 0.6) is 0 Å². The summed E-state index contributed by atoms with van der Waals surface area (Å²) in [5, 5.41) is 4.50. The van der Waals surface area contributed by atoms with Gasteiger partial charge in [0.2, 0.25) is 0 Å². The van der Waals surface area contributed by atoms with Gasteiger partial charge < -0.3 is 4.42 Å². The van der Waals surface area contributed by atoms with Crippen LogP contribution in [0.2, 0.25) is 0 Å². The Hall–Kier alpha value is -6.32. The van der Waals surface area contributed by atoms with Crippen molar-refractivity contribution < 1.29 is 4.42 Å². The number of aromatic nitrogens is 2. The maximum atomic E-state index is 6.28. The monoisotopic (exact) mass is 640 g/mol. The summed E-state index contributed by atoms with van der Waals surface area (Å²) in [6, 6.07) is 55.8. The average Bonchev–Trinajstić information content (AvgIpc) is 3.67. The molecule has 0 bridgehead atoms. The van der Waals surface area contributed by atoms with Gasteiger partial charge in [0, 0.05) is 32.9 Å². The molecule has 3 heteroatoms. The van der Waals surface area contributed by atoms with Crippen LogP contribution in [0.25, 0.3) is 88.9 Å². The number of hydrogen-bond acceptors (Lipinski definition) is 3. The highest BCUT2D eigenvalue weighted by atomic mass is 16.3. The van der Waals surface area contributed by atoms with E-state index in [9.17, 15) is 0 Å². The van der Waals surface area contributed by atoms with Crippen molar-refractivity contribution in [3.05, 3.63) is 169 Å². The van der Waals surface area contributed by atoms with E-state index in [0.29, 0.717) is 5.82 Å². The molecule has 0 radical (unpaired) electrons. The average molecular weight is 641 g/mol. The topological polar surface area (TPSA) is 38.9 Å². The molecule has 0 spiro atoms. The van der Waals surface area contributed by atoms with E-state index in [1.165, 1.54) is 38.8 Å². The maximum Gasteiger partial charge on any atom is 0.160 e. The van der Waals surface area contributed by atoms with Gasteiger partial charge in [-0.05, 0) is 62.4 Å². The summed E-state index contributed by atoms with van der Waals surface area (Å²) in [5.74, 6) is 0.691. The van der Waals surface area contributed by atoms with Crippen LogP contribution in [0.1, 0.15) is 25.0 Å². The summed E-state index contributed by atoms with van der Waals surface area (Å²) < 4.78 is 6.28. The van der Waals surface area contributed by atoms with E-state index >= 15 is 0 Å². The Morgan fingerprint density at radius 3 is 1.86 bits per heavy atom. The van der Waals surface area contributed by atoms with Crippen LogP contribution in [0.4, 0.5) is 0 Å². The Morgan fingerprint density at radius 1 is 0.440 bits per heavy atom. The van der Waals surface area contributed by atoms with Crippen LogP contribution in [-0.2, 0) is 5.41 Å². The second-order valence-corrected chi connectivity index (χ2v) is 13.7. The molecular weight excluding hydrogens is 609 g/mol. The molecule has 1 aliphatic rings. The molecule has 0 saturated carbocycles. The minimum absolute atomic E-state index is 0.0634. The second-order valence-electron chi connectivity index (χ2n) is 13.7. The SMILES string of the molecule is CC1(C)c2ccccc2-c2c(-c3ccc(-c4cc(-c5cccc6oc7ccccc7c56)nc(-c5ccccc5)n4)c4ccccc34)cccc21. The van der Waals surface area contributed by atoms with Gasteiger partial charge in [-0.2, -0.15) is 0 Å². The number of hydrogen-bond donors (Lipinski definition) is 0. The molecule has 0 saturated heterocycles. The van der Waals surface area contributed by atoms with Crippen LogP contribution in [0.3, 0.4) is 0 Å². The Bertz CT molecular complexity index is 2790. The van der Waals surface area contributed by atoms with Gasteiger partial charge in [0.05, 0.1) is 11.4 Å². The first-order chi connectivity index (χ1) is 24.6. The lowest BCUT2D eigenvalue weighted by atomic mass is 9.81. The third-order valence-corrected chi connectivity index (χ3v) is 10.5. The smallest absolute Gasteiger partial charge is 0.160 e. The van der Waals surface area contributed by atoms with Gasteiger partial charge in [0.1, 0.15) is 11.2 Å². The van der Waals surface area contributed by atoms with Crippen molar-refractivity contribution in [3.63, 3.8) is 0 Å². The highest BCUT2D eigenvalue weighted by Crippen LogP contribution is 2.53. The molecule has 9 aromatic rings. The second kappa shape index (κ2) is 10.8. The highest BCUT2D eigenvalue weighted by molar-refractivity contribution is 6.13. The molecule has 0 aliphatic heterocycles. The molecule has 1 aliphatic carbocycles. The lowest BCUT2D eigenvalue weighted by Crippen LogP contribution is -2.14. The van der Waals surface area contributed by atoms with Crippen molar-refractivity contribution in [1.29, 1.82) is 0 Å². The molecule has 0 atom stereocenters. The van der Waals surface area contributed by atoms with E-state index in [1.807, 2.05) is 42.5 Å². The van der Waals surface area contributed by atoms with Gasteiger partial charge in [0.25, 0.3) is 0 Å². The van der Waals surface area contributed by atoms with Crippen LogP contribution >= 0.6 is 0 Å². The highest BCUT2D eigenvalue weighted by Gasteiger charge is 2.36. The first-order valence-corrected chi connectivity index (χ1v) is 17.2. The first kappa shape index (κ1) is 28.7. The number of para-hydroxylation sites is 1. The molecule has 0 amide bonds. The summed E-state index contributed by atoms with van der Waals surface area (Å²) in [6.07, 6.45) is 0. The fourth-order valence-corrected chi connectivity index (χ4v) is 8.16. The predicted octanol–water partition coefficient (Wildman–Crippen LogP) is 12.5. The third kappa shape index (κ3) is 4.23. The summed E-state index contributed by atoms with van der Waals surface area (Å²) in [7, 11) is 0. The van der Waals surface area contributed by atoms with E-state index in [0.717, 1.165) is 55.4 Å². The Morgan fingerprint density at radius 2 is 1.02 bits per heavy atom. The normalized spacial score (nSPS) is 13.2. The van der Waals surface area contributed by atoms with Crippen molar-refractivity contribution in [1.82, 2.24) is 9.97 Å². The zero-order valence-electron chi connectivity index (χ0n) is 27.8. The van der Waals surface area contributed by atoms with E-state index in [1.54, 1.807) is 0 Å². The van der Waals surface area contributed by atoms with Crippen LogP contribution in [0, 0.1) is 0 Å². The van der Waals surface area contributed by atoms with E-state index in [-0.39, 0.29) is 5.41 Å². The van der Waals surface area contributed by atoms with Crippen LogP contribution in [-0.4, -0.2) is 9.97 Å². The maximum absolute atomic E-state index is 6.28. The number of fused-ring (bicyclic) bond motifs is 7. The molecule has 3 nitrogen and oxygen atoms in total. The van der Waals surface area contributed by atoms with Crippen LogP contribution in [0.15, 0.2) is 162 Å². The lowest BCUT2D eigenvalue weighted by Gasteiger charge is -2.22. The van der Waals surface area contributed by atoms with Gasteiger partial charge >= 0.3 is 0 Å². The number of furan rings is 1. The van der Waals surface area contributed by atoms with Gasteiger partial charge in [-0.15, -0.1) is 0 Å². The van der Waals surface area contributed by atoms with Crippen molar-refractivity contribution in [3.8, 4) is 56.2 Å². The van der Waals surface area contributed by atoms with Crippen molar-refractivity contribution >= 4 is 32.7 Å². The minimum Gasteiger partial charge on any atom is -0.456 e. The summed E-state index contributed by atoms with van der Waals surface area (Å²) in [5.41, 5.74) is 14.4. The van der Waals surface area contributed by atoms with Gasteiger partial charge in [-0.1, -0.05) is 153 Å². The largest absolute Gasteiger partial charge is 0.456 e. The molecule has 236 valence electrons. The summed E-state index contributed by atoms with van der Waals surface area (Å²) in [6.45, 7) is 4.68. The summed E-state index contributed by atoms with van der Waals surface area (Å²) in [4.78, 5) is 10.5. The number of rotatable bonds is 4. The van der Waals surface area contributed by atoms with Crippen molar-refractivity contribution in [2.45, 2.75) is 19.3 Å². The van der Waals surface area contributed by atoms with E-state index in [2.05, 4.69) is 129 Å². The lowest BCUT2D eigenvalue weighted by molar-refractivity contribution is 0.660. The van der Waals surface area contributed by atoms with Crippen LogP contribution < -0.4 is 0 Å². The minimum atomic E-state index is -0.0634. The van der Waals surface area contributed by atoms with Gasteiger partial charge in [0.15, 0.2) is 5.82 Å². The Balaban J connectivity index is 1.22. The molecule has 0 N–H and O–H groups in total.